The molecule has 22 heavy (non-hydrogen) atoms. The van der Waals surface area contributed by atoms with E-state index >= 15 is 0 Å². The average molecular weight is 305 g/mol. The first-order valence-electron chi connectivity index (χ1n) is 8.13. The number of likely N-dealkylation sites (tertiary alicyclic amines) is 1. The molecule has 0 spiro atoms. The molecule has 1 aromatic rings. The van der Waals surface area contributed by atoms with Gasteiger partial charge in [0.15, 0.2) is 0 Å². The first-order valence-corrected chi connectivity index (χ1v) is 8.13. The third-order valence-electron chi connectivity index (χ3n) is 5.82. The molecule has 122 valence electrons. The molecule has 0 aromatic heterocycles. The zero-order valence-electron chi connectivity index (χ0n) is 13.6. The van der Waals surface area contributed by atoms with Crippen molar-refractivity contribution in [2.45, 2.75) is 33.4 Å². The lowest BCUT2D eigenvalue weighted by Gasteiger charge is -2.36. The van der Waals surface area contributed by atoms with Gasteiger partial charge < -0.3 is 14.9 Å². The maximum absolute atomic E-state index is 9.81. The Balaban J connectivity index is 1.81. The van der Waals surface area contributed by atoms with E-state index in [4.69, 9.17) is 4.74 Å². The van der Waals surface area contributed by atoms with Gasteiger partial charge in [-0.1, -0.05) is 32.0 Å². The van der Waals surface area contributed by atoms with Crippen LogP contribution in [0.2, 0.25) is 0 Å². The summed E-state index contributed by atoms with van der Waals surface area (Å²) in [7, 11) is 0. The minimum atomic E-state index is -0.250. The zero-order valence-corrected chi connectivity index (χ0v) is 13.6. The summed E-state index contributed by atoms with van der Waals surface area (Å²) in [5.41, 5.74) is 3.59. The van der Waals surface area contributed by atoms with E-state index in [2.05, 4.69) is 36.9 Å². The van der Waals surface area contributed by atoms with E-state index in [1.807, 2.05) is 0 Å². The maximum Gasteiger partial charge on any atom is 0.0719 e. The fraction of sp³-hybridized carbons (Fsp3) is 0.667. The third-order valence-corrected chi connectivity index (χ3v) is 5.82. The van der Waals surface area contributed by atoms with Crippen molar-refractivity contribution >= 4 is 0 Å². The molecule has 1 saturated heterocycles. The van der Waals surface area contributed by atoms with E-state index < -0.39 is 0 Å². The monoisotopic (exact) mass is 305 g/mol. The molecule has 2 heterocycles. The summed E-state index contributed by atoms with van der Waals surface area (Å²) >= 11 is 0. The Labute approximate surface area is 132 Å². The summed E-state index contributed by atoms with van der Waals surface area (Å²) in [5.74, 6) is 0. The zero-order chi connectivity index (χ0) is 15.8. The van der Waals surface area contributed by atoms with Crippen LogP contribution in [0, 0.1) is 10.8 Å². The Morgan fingerprint density at radius 3 is 2.45 bits per heavy atom. The number of nitrogens with zero attached hydrogens (tertiary/aromatic N) is 1. The van der Waals surface area contributed by atoms with Crippen LogP contribution in [0.4, 0.5) is 0 Å². The molecule has 2 atom stereocenters. The summed E-state index contributed by atoms with van der Waals surface area (Å²) in [4.78, 5) is 2.37. The first-order chi connectivity index (χ1) is 10.5. The molecular formula is C18H27NO3. The van der Waals surface area contributed by atoms with Crippen molar-refractivity contribution in [3.63, 3.8) is 0 Å². The Bertz CT molecular complexity index is 529. The van der Waals surface area contributed by atoms with E-state index in [9.17, 15) is 10.2 Å². The van der Waals surface area contributed by atoms with E-state index in [1.165, 1.54) is 16.7 Å². The van der Waals surface area contributed by atoms with Gasteiger partial charge >= 0.3 is 0 Å². The summed E-state index contributed by atoms with van der Waals surface area (Å²) in [6.07, 6.45) is 0.980. The lowest BCUT2D eigenvalue weighted by atomic mass is 9.69. The van der Waals surface area contributed by atoms with Gasteiger partial charge in [0.2, 0.25) is 0 Å². The van der Waals surface area contributed by atoms with Gasteiger partial charge in [0.1, 0.15) is 0 Å². The molecule has 2 N–H and O–H groups in total. The number of benzene rings is 1. The van der Waals surface area contributed by atoms with Crippen LogP contribution in [-0.2, 0) is 24.3 Å². The predicted molar refractivity (Wildman–Crippen MR) is 85.5 cm³/mol. The molecule has 1 fully saturated rings. The molecule has 1 aromatic carbocycles. The highest BCUT2D eigenvalue weighted by atomic mass is 16.5. The lowest BCUT2D eigenvalue weighted by Crippen LogP contribution is -2.41. The fourth-order valence-electron chi connectivity index (χ4n) is 3.91. The maximum atomic E-state index is 9.81. The number of aliphatic hydroxyl groups is 2. The van der Waals surface area contributed by atoms with Crippen molar-refractivity contribution in [1.82, 2.24) is 4.90 Å². The Kier molecular flexibility index (Phi) is 4.29. The molecule has 0 bridgehead atoms. The van der Waals surface area contributed by atoms with Gasteiger partial charge in [-0.25, -0.2) is 0 Å². The van der Waals surface area contributed by atoms with E-state index in [0.717, 1.165) is 32.7 Å². The van der Waals surface area contributed by atoms with Crippen LogP contribution in [0.15, 0.2) is 18.2 Å². The number of ether oxygens (including phenoxy) is 1. The molecule has 0 aliphatic carbocycles. The first kappa shape index (κ1) is 15.9. The molecule has 0 radical (unpaired) electrons. The highest BCUT2D eigenvalue weighted by Crippen LogP contribution is 2.45. The van der Waals surface area contributed by atoms with Gasteiger partial charge in [0, 0.05) is 30.5 Å². The second-order valence-electron chi connectivity index (χ2n) is 7.44. The molecule has 3 rings (SSSR count). The van der Waals surface area contributed by atoms with Gasteiger partial charge in [0.05, 0.1) is 26.4 Å². The molecular weight excluding hydrogens is 278 g/mol. The SMILES string of the molecule is C[C@]1(CO)CN(Cc2cccc3c2CCOC3)C[C@@]1(C)CO. The summed E-state index contributed by atoms with van der Waals surface area (Å²) in [5, 5.41) is 19.6. The van der Waals surface area contributed by atoms with Crippen molar-refractivity contribution in [1.29, 1.82) is 0 Å². The number of hydrogen-bond acceptors (Lipinski definition) is 4. The van der Waals surface area contributed by atoms with Gasteiger partial charge in [-0.2, -0.15) is 0 Å². The highest BCUT2D eigenvalue weighted by Gasteiger charge is 2.51. The molecule has 0 unspecified atom stereocenters. The topological polar surface area (TPSA) is 52.9 Å². The predicted octanol–water partition coefficient (Wildman–Crippen LogP) is 1.57. The summed E-state index contributed by atoms with van der Waals surface area (Å²) in [6.45, 7) is 8.42. The molecule has 4 heteroatoms. The minimum absolute atomic E-state index is 0.112. The van der Waals surface area contributed by atoms with Crippen LogP contribution in [0.25, 0.3) is 0 Å². The van der Waals surface area contributed by atoms with Crippen molar-refractivity contribution < 1.29 is 14.9 Å². The van der Waals surface area contributed by atoms with Crippen LogP contribution in [-0.4, -0.2) is 48.0 Å². The van der Waals surface area contributed by atoms with Crippen LogP contribution >= 0.6 is 0 Å². The fourth-order valence-corrected chi connectivity index (χ4v) is 3.91. The van der Waals surface area contributed by atoms with Gasteiger partial charge in [-0.15, -0.1) is 0 Å². The smallest absolute Gasteiger partial charge is 0.0719 e. The molecule has 0 amide bonds. The third kappa shape index (κ3) is 2.58. The Morgan fingerprint density at radius 2 is 1.82 bits per heavy atom. The van der Waals surface area contributed by atoms with Crippen LogP contribution in [0.5, 0.6) is 0 Å². The molecule has 4 nitrogen and oxygen atoms in total. The summed E-state index contributed by atoms with van der Waals surface area (Å²) in [6, 6.07) is 6.46. The normalized spacial score (nSPS) is 32.2. The number of rotatable bonds is 4. The van der Waals surface area contributed by atoms with Crippen LogP contribution in [0.1, 0.15) is 30.5 Å². The standard InChI is InChI=1S/C18H27NO3/c1-17(12-20)10-19(11-18(17,2)13-21)8-14-4-3-5-15-9-22-7-6-16(14)15/h3-5,20-21H,6-13H2,1-2H3/t17-,18+. The van der Waals surface area contributed by atoms with Crippen molar-refractivity contribution in [3.05, 3.63) is 34.9 Å². The second kappa shape index (κ2) is 5.93. The van der Waals surface area contributed by atoms with Crippen LogP contribution < -0.4 is 0 Å². The van der Waals surface area contributed by atoms with E-state index in [1.54, 1.807) is 0 Å². The highest BCUT2D eigenvalue weighted by molar-refractivity contribution is 5.36. The summed E-state index contributed by atoms with van der Waals surface area (Å²) < 4.78 is 5.54. The van der Waals surface area contributed by atoms with Crippen LogP contribution in [0.3, 0.4) is 0 Å². The van der Waals surface area contributed by atoms with Gasteiger partial charge in [-0.05, 0) is 23.1 Å². The quantitative estimate of drug-likeness (QED) is 0.887. The second-order valence-corrected chi connectivity index (χ2v) is 7.44. The molecule has 2 aliphatic rings. The Hall–Kier alpha value is -0.940. The van der Waals surface area contributed by atoms with E-state index in [-0.39, 0.29) is 24.0 Å². The molecule has 0 saturated carbocycles. The van der Waals surface area contributed by atoms with Crippen molar-refractivity contribution in [2.75, 3.05) is 32.9 Å². The minimum Gasteiger partial charge on any atom is -0.396 e. The lowest BCUT2D eigenvalue weighted by molar-refractivity contribution is 0.00976. The van der Waals surface area contributed by atoms with Crippen molar-refractivity contribution in [2.24, 2.45) is 10.8 Å². The average Bonchev–Trinajstić information content (AvgIpc) is 2.79. The van der Waals surface area contributed by atoms with Gasteiger partial charge in [0.25, 0.3) is 0 Å². The van der Waals surface area contributed by atoms with Gasteiger partial charge in [-0.3, -0.25) is 4.90 Å². The number of aliphatic hydroxyl groups excluding tert-OH is 2. The largest absolute Gasteiger partial charge is 0.396 e. The van der Waals surface area contributed by atoms with Crippen molar-refractivity contribution in [3.8, 4) is 0 Å². The Morgan fingerprint density at radius 1 is 1.14 bits per heavy atom. The number of hydrogen-bond donors (Lipinski definition) is 2. The number of fused-ring (bicyclic) bond motifs is 1. The molecule has 2 aliphatic heterocycles. The van der Waals surface area contributed by atoms with E-state index in [0.29, 0.717) is 6.61 Å².